The van der Waals surface area contributed by atoms with Crippen LogP contribution in [0.2, 0.25) is 0 Å². The predicted octanol–water partition coefficient (Wildman–Crippen LogP) is 14.0. The average molecular weight is 768 g/mol. The first-order chi connectivity index (χ1) is 25.1. The lowest BCUT2D eigenvalue weighted by Crippen LogP contribution is -2.26. The summed E-state index contributed by atoms with van der Waals surface area (Å²) < 4.78 is 10.8. The van der Waals surface area contributed by atoms with Crippen LogP contribution in [0.3, 0.4) is 0 Å². The van der Waals surface area contributed by atoms with Crippen molar-refractivity contribution in [2.75, 3.05) is 39.6 Å². The minimum Gasteiger partial charge on any atom is -0.461 e. The maximum absolute atomic E-state index is 12.1. The molecular weight excluding hydrogens is 683 g/mol. The molecule has 0 heterocycles. The Kier molecular flexibility index (Phi) is 36.4. The van der Waals surface area contributed by atoms with Gasteiger partial charge < -0.3 is 14.4 Å². The van der Waals surface area contributed by atoms with Crippen molar-refractivity contribution < 1.29 is 19.1 Å². The van der Waals surface area contributed by atoms with Gasteiger partial charge in [0, 0.05) is 30.4 Å². The van der Waals surface area contributed by atoms with Crippen LogP contribution in [0.1, 0.15) is 195 Å². The number of unbranched alkanes of at least 4 members (excludes halogenated alkanes) is 16. The molecule has 0 bridgehead atoms. The number of ether oxygens (including phenoxy) is 2. The predicted molar refractivity (Wildman–Crippen MR) is 232 cm³/mol. The molecule has 0 N–H and O–H groups in total. The van der Waals surface area contributed by atoms with Gasteiger partial charge in [-0.2, -0.15) is 0 Å². The lowest BCUT2D eigenvalue weighted by atomic mass is 9.85. The quantitative estimate of drug-likeness (QED) is 0.0268. The van der Waals surface area contributed by atoms with Crippen LogP contribution >= 0.6 is 21.6 Å². The van der Waals surface area contributed by atoms with Crippen LogP contribution in [0.15, 0.2) is 24.3 Å². The summed E-state index contributed by atoms with van der Waals surface area (Å²) in [6.07, 6.45) is 37.0. The van der Waals surface area contributed by atoms with Gasteiger partial charge in [0.2, 0.25) is 0 Å². The standard InChI is InChI=1S/C45H85NO4S2/c1-8-10-12-14-16-24-30-36-49-43(47)34-28-22-18-20-26-32-42(52-51-40-45(4,5)38-41(3)39-46(6)7)33-27-21-19-23-29-35-44(48)50-37-31-25-17-15-13-11-9-2/h24-25,30-31,41-42H,8-23,26-29,32-40H2,1-7H3/b30-24-,31-25-. The Bertz CT molecular complexity index is 823. The fraction of sp³-hybridized carbons (Fsp3) is 0.867. The second kappa shape index (κ2) is 37.0. The van der Waals surface area contributed by atoms with Gasteiger partial charge in [0.1, 0.15) is 13.2 Å². The van der Waals surface area contributed by atoms with Crippen LogP contribution in [-0.4, -0.2) is 61.7 Å². The third kappa shape index (κ3) is 37.4. The first kappa shape index (κ1) is 51.1. The highest BCUT2D eigenvalue weighted by Crippen LogP contribution is 2.39. The largest absolute Gasteiger partial charge is 0.461 e. The molecule has 0 saturated heterocycles. The topological polar surface area (TPSA) is 55.8 Å². The van der Waals surface area contributed by atoms with Gasteiger partial charge in [-0.05, 0) is 83.2 Å². The first-order valence-corrected chi connectivity index (χ1v) is 24.0. The monoisotopic (exact) mass is 768 g/mol. The molecule has 0 aromatic carbocycles. The van der Waals surface area contributed by atoms with Gasteiger partial charge in [0.25, 0.3) is 0 Å². The Morgan fingerprint density at radius 1 is 0.635 bits per heavy atom. The highest BCUT2D eigenvalue weighted by atomic mass is 33.1. The molecule has 0 aliphatic rings. The van der Waals surface area contributed by atoms with Crippen molar-refractivity contribution in [3.8, 4) is 0 Å². The van der Waals surface area contributed by atoms with E-state index in [2.05, 4.69) is 87.4 Å². The first-order valence-electron chi connectivity index (χ1n) is 21.6. The number of rotatable bonds is 38. The van der Waals surface area contributed by atoms with E-state index < -0.39 is 0 Å². The summed E-state index contributed by atoms with van der Waals surface area (Å²) in [5, 5.41) is 0.698. The van der Waals surface area contributed by atoms with E-state index in [4.69, 9.17) is 9.47 Å². The molecule has 0 aromatic rings. The van der Waals surface area contributed by atoms with Crippen molar-refractivity contribution in [1.82, 2.24) is 4.90 Å². The van der Waals surface area contributed by atoms with Crippen LogP contribution in [0.25, 0.3) is 0 Å². The molecule has 0 radical (unpaired) electrons. The van der Waals surface area contributed by atoms with Crippen LogP contribution in [-0.2, 0) is 19.1 Å². The average Bonchev–Trinajstić information content (AvgIpc) is 3.08. The van der Waals surface area contributed by atoms with Crippen molar-refractivity contribution in [2.45, 2.75) is 200 Å². The Morgan fingerprint density at radius 3 is 1.54 bits per heavy atom. The van der Waals surface area contributed by atoms with Gasteiger partial charge >= 0.3 is 11.9 Å². The Balaban J connectivity index is 4.35. The minimum atomic E-state index is -0.0562. The van der Waals surface area contributed by atoms with E-state index in [-0.39, 0.29) is 11.9 Å². The molecular formula is C45H85NO4S2. The van der Waals surface area contributed by atoms with E-state index >= 15 is 0 Å². The number of esters is 2. The molecule has 0 aliphatic carbocycles. The molecule has 1 unspecified atom stereocenters. The number of carbonyl (C=O) groups excluding carboxylic acids is 2. The molecule has 1 atom stereocenters. The molecule has 0 aromatic heterocycles. The summed E-state index contributed by atoms with van der Waals surface area (Å²) in [5.41, 5.74) is 0.342. The second-order valence-corrected chi connectivity index (χ2v) is 19.0. The van der Waals surface area contributed by atoms with Crippen molar-refractivity contribution in [3.05, 3.63) is 24.3 Å². The minimum absolute atomic E-state index is 0.0562. The summed E-state index contributed by atoms with van der Waals surface area (Å²) in [4.78, 5) is 26.5. The maximum atomic E-state index is 12.1. The van der Waals surface area contributed by atoms with Crippen molar-refractivity contribution in [3.63, 3.8) is 0 Å². The van der Waals surface area contributed by atoms with Crippen molar-refractivity contribution in [2.24, 2.45) is 11.3 Å². The van der Waals surface area contributed by atoms with E-state index in [1.54, 1.807) is 0 Å². The third-order valence-corrected chi connectivity index (χ3v) is 12.9. The normalized spacial score (nSPS) is 12.9. The maximum Gasteiger partial charge on any atom is 0.306 e. The lowest BCUT2D eigenvalue weighted by Gasteiger charge is -2.29. The third-order valence-electron chi connectivity index (χ3n) is 9.51. The van der Waals surface area contributed by atoms with Gasteiger partial charge in [-0.3, -0.25) is 9.59 Å². The summed E-state index contributed by atoms with van der Waals surface area (Å²) >= 11 is 0. The Morgan fingerprint density at radius 2 is 1.08 bits per heavy atom. The van der Waals surface area contributed by atoms with Gasteiger partial charge in [0.15, 0.2) is 0 Å². The molecule has 0 aliphatic heterocycles. The van der Waals surface area contributed by atoms with Crippen molar-refractivity contribution >= 4 is 33.5 Å². The molecule has 0 amide bonds. The SMILES string of the molecule is CCCCCC/C=C\COC(=O)CCCCCCCC(CCCCCCCC(=O)OC/C=C\CCCCCC)SSCC(C)(C)CC(C)CN(C)C. The Hall–Kier alpha value is -0.920. The molecule has 5 nitrogen and oxygen atoms in total. The number of hydrogen-bond donors (Lipinski definition) is 0. The Labute approximate surface area is 331 Å². The van der Waals surface area contributed by atoms with E-state index in [1.807, 2.05) is 12.2 Å². The van der Waals surface area contributed by atoms with E-state index in [0.717, 1.165) is 45.1 Å². The van der Waals surface area contributed by atoms with Crippen LogP contribution in [0.4, 0.5) is 0 Å². The molecule has 306 valence electrons. The molecule has 0 rings (SSSR count). The number of hydrogen-bond acceptors (Lipinski definition) is 7. The highest BCUT2D eigenvalue weighted by molar-refractivity contribution is 8.76. The molecule has 0 spiro atoms. The van der Waals surface area contributed by atoms with Gasteiger partial charge in [0.05, 0.1) is 0 Å². The summed E-state index contributed by atoms with van der Waals surface area (Å²) in [7, 11) is 8.58. The summed E-state index contributed by atoms with van der Waals surface area (Å²) in [6.45, 7) is 13.7. The van der Waals surface area contributed by atoms with Gasteiger partial charge in [-0.25, -0.2) is 0 Å². The van der Waals surface area contributed by atoms with E-state index in [1.165, 1.54) is 115 Å². The molecule has 52 heavy (non-hydrogen) atoms. The highest BCUT2D eigenvalue weighted by Gasteiger charge is 2.23. The van der Waals surface area contributed by atoms with Crippen molar-refractivity contribution in [1.29, 1.82) is 0 Å². The molecule has 0 fully saturated rings. The van der Waals surface area contributed by atoms with Crippen LogP contribution < -0.4 is 0 Å². The zero-order valence-corrected chi connectivity index (χ0v) is 37.0. The smallest absolute Gasteiger partial charge is 0.306 e. The summed E-state index contributed by atoms with van der Waals surface area (Å²) in [6, 6.07) is 0. The molecule has 7 heteroatoms. The number of carbonyl (C=O) groups is 2. The fourth-order valence-corrected chi connectivity index (χ4v) is 10.3. The van der Waals surface area contributed by atoms with E-state index in [0.29, 0.717) is 42.6 Å². The zero-order valence-electron chi connectivity index (χ0n) is 35.4. The number of allylic oxidation sites excluding steroid dienone is 2. The second-order valence-electron chi connectivity index (χ2n) is 16.3. The molecule has 0 saturated carbocycles. The summed E-state index contributed by atoms with van der Waals surface area (Å²) in [5.74, 6) is 1.79. The van der Waals surface area contributed by atoms with Gasteiger partial charge in [-0.15, -0.1) is 0 Å². The number of nitrogens with zero attached hydrogens (tertiary/aromatic N) is 1. The zero-order chi connectivity index (χ0) is 38.5. The van der Waals surface area contributed by atoms with Crippen LogP contribution in [0, 0.1) is 11.3 Å². The fourth-order valence-electron chi connectivity index (χ4n) is 6.74. The lowest BCUT2D eigenvalue weighted by molar-refractivity contribution is -0.143. The van der Waals surface area contributed by atoms with Gasteiger partial charge in [-0.1, -0.05) is 170 Å². The van der Waals surface area contributed by atoms with Crippen LogP contribution in [0.5, 0.6) is 0 Å². The van der Waals surface area contributed by atoms with E-state index in [9.17, 15) is 9.59 Å².